The highest BCUT2D eigenvalue weighted by Gasteiger charge is 2.16. The molecule has 0 bridgehead atoms. The summed E-state index contributed by atoms with van der Waals surface area (Å²) >= 11 is 0. The molecule has 2 aromatic rings. The third kappa shape index (κ3) is 2.59. The predicted octanol–water partition coefficient (Wildman–Crippen LogP) is 2.72. The molecule has 4 nitrogen and oxygen atoms in total. The highest BCUT2D eigenvalue weighted by molar-refractivity contribution is 5.96. The van der Waals surface area contributed by atoms with Crippen LogP contribution in [-0.4, -0.2) is 17.0 Å². The third-order valence-corrected chi connectivity index (χ3v) is 3.25. The van der Waals surface area contributed by atoms with Crippen molar-refractivity contribution in [3.63, 3.8) is 0 Å². The Bertz CT molecular complexity index is 686. The van der Waals surface area contributed by atoms with Crippen molar-refractivity contribution in [3.8, 4) is 0 Å². The van der Waals surface area contributed by atoms with Crippen LogP contribution < -0.4 is 10.9 Å². The summed E-state index contributed by atoms with van der Waals surface area (Å²) in [5.74, 6) is -0.191. The Morgan fingerprint density at radius 3 is 2.65 bits per heavy atom. The van der Waals surface area contributed by atoms with Gasteiger partial charge in [0.05, 0.1) is 0 Å². The topological polar surface area (TPSA) is 51.1 Å². The fraction of sp³-hybridized carbons (Fsp3) is 0.375. The van der Waals surface area contributed by atoms with Crippen LogP contribution in [0.5, 0.6) is 0 Å². The van der Waals surface area contributed by atoms with Crippen molar-refractivity contribution in [2.75, 3.05) is 6.54 Å². The standard InChI is InChI=1S/C16H20N2O2/c1-4-9-17-15(19)14-10-12-7-5-6-8-13(12)16(20)18(14)11(2)3/h5-8,10-11H,4,9H2,1-3H3,(H,17,19). The van der Waals surface area contributed by atoms with E-state index >= 15 is 0 Å². The molecule has 4 heteroatoms. The van der Waals surface area contributed by atoms with E-state index in [0.717, 1.165) is 11.8 Å². The highest BCUT2D eigenvalue weighted by atomic mass is 16.2. The SMILES string of the molecule is CCCNC(=O)c1cc2ccccc2c(=O)n1C(C)C. The molecule has 0 spiro atoms. The molecule has 0 saturated heterocycles. The molecule has 0 radical (unpaired) electrons. The molecule has 2 rings (SSSR count). The predicted molar refractivity (Wildman–Crippen MR) is 81.2 cm³/mol. The fourth-order valence-electron chi connectivity index (χ4n) is 2.29. The highest BCUT2D eigenvalue weighted by Crippen LogP contribution is 2.15. The Hall–Kier alpha value is -2.10. The summed E-state index contributed by atoms with van der Waals surface area (Å²) in [6, 6.07) is 9.10. The van der Waals surface area contributed by atoms with Crippen molar-refractivity contribution >= 4 is 16.7 Å². The van der Waals surface area contributed by atoms with E-state index in [9.17, 15) is 9.59 Å². The lowest BCUT2D eigenvalue weighted by atomic mass is 10.1. The molecule has 20 heavy (non-hydrogen) atoms. The van der Waals surface area contributed by atoms with Crippen molar-refractivity contribution in [1.29, 1.82) is 0 Å². The van der Waals surface area contributed by atoms with Crippen molar-refractivity contribution in [3.05, 3.63) is 46.4 Å². The van der Waals surface area contributed by atoms with E-state index in [1.807, 2.05) is 39.0 Å². The molecular weight excluding hydrogens is 252 g/mol. The van der Waals surface area contributed by atoms with Crippen molar-refractivity contribution in [2.45, 2.75) is 33.2 Å². The maximum absolute atomic E-state index is 12.6. The monoisotopic (exact) mass is 272 g/mol. The molecule has 1 aromatic heterocycles. The summed E-state index contributed by atoms with van der Waals surface area (Å²) in [4.78, 5) is 24.8. The van der Waals surface area contributed by atoms with Crippen molar-refractivity contribution in [1.82, 2.24) is 9.88 Å². The first kappa shape index (κ1) is 14.3. The smallest absolute Gasteiger partial charge is 0.268 e. The van der Waals surface area contributed by atoms with Gasteiger partial charge in [-0.2, -0.15) is 0 Å². The number of fused-ring (bicyclic) bond motifs is 1. The van der Waals surface area contributed by atoms with Gasteiger partial charge in [-0.05, 0) is 37.8 Å². The van der Waals surface area contributed by atoms with Gasteiger partial charge in [0.25, 0.3) is 11.5 Å². The molecule has 0 fully saturated rings. The van der Waals surface area contributed by atoms with Gasteiger partial charge in [-0.15, -0.1) is 0 Å². The number of aromatic nitrogens is 1. The second kappa shape index (κ2) is 5.90. The Labute approximate surface area is 118 Å². The number of nitrogens with one attached hydrogen (secondary N) is 1. The number of hydrogen-bond donors (Lipinski definition) is 1. The largest absolute Gasteiger partial charge is 0.351 e. The van der Waals surface area contributed by atoms with Crippen LogP contribution in [0, 0.1) is 0 Å². The molecule has 0 atom stereocenters. The first-order valence-electron chi connectivity index (χ1n) is 6.98. The van der Waals surface area contributed by atoms with Gasteiger partial charge in [0.1, 0.15) is 5.69 Å². The number of amides is 1. The van der Waals surface area contributed by atoms with Crippen LogP contribution in [0.25, 0.3) is 10.8 Å². The summed E-state index contributed by atoms with van der Waals surface area (Å²) in [6.07, 6.45) is 0.866. The van der Waals surface area contributed by atoms with Gasteiger partial charge in [0.2, 0.25) is 0 Å². The van der Waals surface area contributed by atoms with Gasteiger partial charge < -0.3 is 9.88 Å². The van der Waals surface area contributed by atoms with Crippen LogP contribution in [0.1, 0.15) is 43.7 Å². The number of carbonyl (C=O) groups is 1. The zero-order chi connectivity index (χ0) is 14.7. The second-order valence-corrected chi connectivity index (χ2v) is 5.14. The Kier molecular flexibility index (Phi) is 4.23. The summed E-state index contributed by atoms with van der Waals surface area (Å²) in [7, 11) is 0. The number of pyridine rings is 1. The first-order chi connectivity index (χ1) is 9.56. The number of hydrogen-bond acceptors (Lipinski definition) is 2. The third-order valence-electron chi connectivity index (χ3n) is 3.25. The summed E-state index contributed by atoms with van der Waals surface area (Å²) in [6.45, 7) is 6.42. The van der Waals surface area contributed by atoms with E-state index in [0.29, 0.717) is 17.6 Å². The molecule has 0 saturated carbocycles. The molecule has 1 amide bonds. The lowest BCUT2D eigenvalue weighted by Crippen LogP contribution is -2.33. The van der Waals surface area contributed by atoms with Gasteiger partial charge in [-0.25, -0.2) is 0 Å². The maximum Gasteiger partial charge on any atom is 0.268 e. The van der Waals surface area contributed by atoms with Gasteiger partial charge >= 0.3 is 0 Å². The van der Waals surface area contributed by atoms with E-state index in [-0.39, 0.29) is 17.5 Å². The number of rotatable bonds is 4. The first-order valence-corrected chi connectivity index (χ1v) is 6.98. The molecule has 0 aliphatic carbocycles. The van der Waals surface area contributed by atoms with Crippen LogP contribution in [0.15, 0.2) is 35.1 Å². The molecule has 1 aromatic carbocycles. The number of carbonyl (C=O) groups excluding carboxylic acids is 1. The molecule has 1 heterocycles. The average Bonchev–Trinajstić information content (AvgIpc) is 2.44. The van der Waals surface area contributed by atoms with E-state index in [4.69, 9.17) is 0 Å². The second-order valence-electron chi connectivity index (χ2n) is 5.14. The van der Waals surface area contributed by atoms with Crippen LogP contribution in [0.3, 0.4) is 0 Å². The minimum atomic E-state index is -0.191. The average molecular weight is 272 g/mol. The number of benzene rings is 1. The molecule has 1 N–H and O–H groups in total. The molecular formula is C16H20N2O2. The van der Waals surface area contributed by atoms with Crippen molar-refractivity contribution in [2.24, 2.45) is 0 Å². The number of nitrogens with zero attached hydrogens (tertiary/aromatic N) is 1. The molecule has 0 aliphatic heterocycles. The van der Waals surface area contributed by atoms with E-state index in [1.54, 1.807) is 16.7 Å². The lowest BCUT2D eigenvalue weighted by Gasteiger charge is -2.17. The summed E-state index contributed by atoms with van der Waals surface area (Å²) in [5.41, 5.74) is 0.317. The summed E-state index contributed by atoms with van der Waals surface area (Å²) < 4.78 is 1.56. The fourth-order valence-corrected chi connectivity index (χ4v) is 2.29. The van der Waals surface area contributed by atoms with E-state index < -0.39 is 0 Å². The van der Waals surface area contributed by atoms with E-state index in [1.165, 1.54) is 0 Å². The molecule has 0 unspecified atom stereocenters. The van der Waals surface area contributed by atoms with Gasteiger partial charge in [-0.1, -0.05) is 25.1 Å². The normalized spacial score (nSPS) is 11.0. The lowest BCUT2D eigenvalue weighted by molar-refractivity contribution is 0.0941. The van der Waals surface area contributed by atoms with Gasteiger partial charge in [-0.3, -0.25) is 9.59 Å². The Morgan fingerprint density at radius 1 is 1.30 bits per heavy atom. The van der Waals surface area contributed by atoms with Crippen LogP contribution in [0.4, 0.5) is 0 Å². The minimum absolute atomic E-state index is 0.0607. The van der Waals surface area contributed by atoms with Gasteiger partial charge in [0.15, 0.2) is 0 Å². The quantitative estimate of drug-likeness (QED) is 0.930. The Balaban J connectivity index is 2.66. The maximum atomic E-state index is 12.6. The van der Waals surface area contributed by atoms with E-state index in [2.05, 4.69) is 5.32 Å². The zero-order valence-electron chi connectivity index (χ0n) is 12.1. The van der Waals surface area contributed by atoms with Crippen LogP contribution >= 0.6 is 0 Å². The van der Waals surface area contributed by atoms with Gasteiger partial charge in [0, 0.05) is 18.0 Å². The molecule has 106 valence electrons. The van der Waals surface area contributed by atoms with Crippen molar-refractivity contribution < 1.29 is 4.79 Å². The zero-order valence-corrected chi connectivity index (χ0v) is 12.1. The Morgan fingerprint density at radius 2 is 2.00 bits per heavy atom. The summed E-state index contributed by atoms with van der Waals surface area (Å²) in [5, 5.41) is 4.29. The minimum Gasteiger partial charge on any atom is -0.351 e. The van der Waals surface area contributed by atoms with Crippen LogP contribution in [0.2, 0.25) is 0 Å². The van der Waals surface area contributed by atoms with Crippen LogP contribution in [-0.2, 0) is 0 Å². The molecule has 0 aliphatic rings.